The van der Waals surface area contributed by atoms with E-state index in [2.05, 4.69) is 15.0 Å². The molecular formula is C25H27F2N7O4. The number of anilines is 1. The number of carbonyl (C=O) groups excluding carboxylic acids is 2. The van der Waals surface area contributed by atoms with E-state index in [1.807, 2.05) is 4.90 Å². The Kier molecular flexibility index (Phi) is 6.30. The number of likely N-dealkylation sites (tertiary alicyclic amines) is 2. The van der Waals surface area contributed by atoms with Crippen molar-refractivity contribution in [2.45, 2.75) is 19.0 Å². The number of alkyl halides is 2. The van der Waals surface area contributed by atoms with Gasteiger partial charge in [-0.3, -0.25) is 14.2 Å². The fourth-order valence-electron chi connectivity index (χ4n) is 5.06. The van der Waals surface area contributed by atoms with Crippen molar-refractivity contribution in [3.8, 4) is 11.7 Å². The van der Waals surface area contributed by atoms with Gasteiger partial charge in [-0.15, -0.1) is 0 Å². The maximum absolute atomic E-state index is 14.0. The molecule has 2 aromatic heterocycles. The van der Waals surface area contributed by atoms with E-state index in [0.717, 1.165) is 0 Å². The minimum absolute atomic E-state index is 0.0315. The van der Waals surface area contributed by atoms with Crippen LogP contribution in [0.1, 0.15) is 18.7 Å². The highest BCUT2D eigenvalue weighted by Crippen LogP contribution is 2.30. The van der Waals surface area contributed by atoms with Gasteiger partial charge in [0.05, 0.1) is 43.3 Å². The van der Waals surface area contributed by atoms with Crippen molar-refractivity contribution in [3.05, 3.63) is 36.2 Å². The molecule has 0 aliphatic carbocycles. The van der Waals surface area contributed by atoms with Crippen LogP contribution in [0.2, 0.25) is 0 Å². The summed E-state index contributed by atoms with van der Waals surface area (Å²) in [5.41, 5.74) is 0.929. The zero-order chi connectivity index (χ0) is 26.4. The highest BCUT2D eigenvalue weighted by molar-refractivity contribution is 5.89. The fraction of sp³-hybridized carbons (Fsp3) is 0.480. The fourth-order valence-corrected chi connectivity index (χ4v) is 5.06. The molecule has 3 aliphatic rings. The number of amides is 2. The van der Waals surface area contributed by atoms with Crippen LogP contribution in [-0.2, 0) is 14.3 Å². The van der Waals surface area contributed by atoms with Gasteiger partial charge in [0.2, 0.25) is 23.6 Å². The predicted molar refractivity (Wildman–Crippen MR) is 131 cm³/mol. The quantitative estimate of drug-likeness (QED) is 0.477. The molecule has 3 aliphatic heterocycles. The molecule has 3 aromatic rings. The molecule has 0 saturated carbocycles. The first-order chi connectivity index (χ1) is 18.4. The number of fused-ring (bicyclic) bond motifs is 1. The van der Waals surface area contributed by atoms with Crippen LogP contribution in [0.25, 0.3) is 16.9 Å². The molecule has 1 aromatic carbocycles. The van der Waals surface area contributed by atoms with Gasteiger partial charge in [-0.2, -0.15) is 9.97 Å². The minimum atomic E-state index is -2.82. The second-order valence-electron chi connectivity index (χ2n) is 9.72. The summed E-state index contributed by atoms with van der Waals surface area (Å²) in [7, 11) is 1.69. The molecule has 0 radical (unpaired) electrons. The van der Waals surface area contributed by atoms with Gasteiger partial charge in [0.25, 0.3) is 6.43 Å². The number of carbonyl (C=O) groups is 2. The molecule has 3 saturated heterocycles. The number of benzene rings is 1. The Morgan fingerprint density at radius 1 is 1.11 bits per heavy atom. The van der Waals surface area contributed by atoms with Crippen molar-refractivity contribution in [1.82, 2.24) is 29.3 Å². The second kappa shape index (κ2) is 9.78. The average Bonchev–Trinajstić information content (AvgIpc) is 3.46. The van der Waals surface area contributed by atoms with E-state index < -0.39 is 12.2 Å². The summed E-state index contributed by atoms with van der Waals surface area (Å²) >= 11 is 0. The van der Waals surface area contributed by atoms with Crippen LogP contribution < -0.4 is 9.64 Å². The Morgan fingerprint density at radius 3 is 2.58 bits per heavy atom. The number of nitrogens with zero attached hydrogens (tertiary/aromatic N) is 7. The van der Waals surface area contributed by atoms with Gasteiger partial charge < -0.3 is 24.2 Å². The molecule has 200 valence electrons. The van der Waals surface area contributed by atoms with Gasteiger partial charge >= 0.3 is 0 Å². The van der Waals surface area contributed by atoms with Crippen molar-refractivity contribution < 1.29 is 27.8 Å². The van der Waals surface area contributed by atoms with Crippen LogP contribution in [0, 0.1) is 5.92 Å². The molecule has 11 nitrogen and oxygen atoms in total. The number of para-hydroxylation sites is 2. The van der Waals surface area contributed by atoms with E-state index in [0.29, 0.717) is 62.9 Å². The minimum Gasteiger partial charge on any atom is -0.470 e. The van der Waals surface area contributed by atoms with Crippen molar-refractivity contribution in [3.63, 3.8) is 0 Å². The number of hydrogen-bond donors (Lipinski definition) is 0. The zero-order valence-corrected chi connectivity index (χ0v) is 20.8. The molecule has 13 heteroatoms. The first-order valence-corrected chi connectivity index (χ1v) is 12.5. The molecule has 0 bridgehead atoms. The highest BCUT2D eigenvalue weighted by atomic mass is 19.3. The Labute approximate surface area is 217 Å². The van der Waals surface area contributed by atoms with Crippen LogP contribution in [0.4, 0.5) is 14.7 Å². The van der Waals surface area contributed by atoms with Crippen molar-refractivity contribution in [2.75, 3.05) is 57.9 Å². The summed E-state index contributed by atoms with van der Waals surface area (Å²) in [4.78, 5) is 43.1. The lowest BCUT2D eigenvalue weighted by Crippen LogP contribution is -2.57. The van der Waals surface area contributed by atoms with Gasteiger partial charge in [0, 0.05) is 39.2 Å². The normalized spacial score (nSPS) is 20.5. The number of hydrogen-bond acceptors (Lipinski definition) is 8. The largest absolute Gasteiger partial charge is 0.470 e. The number of rotatable bonds is 6. The molecule has 1 unspecified atom stereocenters. The van der Waals surface area contributed by atoms with Crippen LogP contribution in [-0.4, -0.2) is 100 Å². The summed E-state index contributed by atoms with van der Waals surface area (Å²) < 4.78 is 41.0. The summed E-state index contributed by atoms with van der Waals surface area (Å²) in [5, 5.41) is 0. The molecular weight excluding hydrogens is 500 g/mol. The summed E-state index contributed by atoms with van der Waals surface area (Å²) in [6, 6.07) is 8.42. The summed E-state index contributed by atoms with van der Waals surface area (Å²) in [6.45, 7) is 3.23. The molecule has 38 heavy (non-hydrogen) atoms. The number of ether oxygens (including phenoxy) is 2. The topological polar surface area (TPSA) is 106 Å². The highest BCUT2D eigenvalue weighted by Gasteiger charge is 2.40. The van der Waals surface area contributed by atoms with Crippen molar-refractivity contribution in [1.29, 1.82) is 0 Å². The third-order valence-corrected chi connectivity index (χ3v) is 7.12. The molecule has 1 atom stereocenters. The third kappa shape index (κ3) is 4.51. The predicted octanol–water partition coefficient (Wildman–Crippen LogP) is 1.66. The molecule has 0 N–H and O–H groups in total. The molecule has 2 amide bonds. The van der Waals surface area contributed by atoms with E-state index in [4.69, 9.17) is 9.47 Å². The van der Waals surface area contributed by atoms with Gasteiger partial charge in [-0.25, -0.2) is 13.8 Å². The number of aromatic nitrogens is 4. The Morgan fingerprint density at radius 2 is 1.87 bits per heavy atom. The first-order valence-electron chi connectivity index (χ1n) is 12.5. The summed E-state index contributed by atoms with van der Waals surface area (Å²) in [6.07, 6.45) is -2.91. The zero-order valence-electron chi connectivity index (χ0n) is 20.8. The van der Waals surface area contributed by atoms with Gasteiger partial charge in [0.1, 0.15) is 11.9 Å². The van der Waals surface area contributed by atoms with E-state index in [1.165, 1.54) is 10.6 Å². The number of halogens is 2. The lowest BCUT2D eigenvalue weighted by atomic mass is 10.0. The van der Waals surface area contributed by atoms with Gasteiger partial charge in [0.15, 0.2) is 5.82 Å². The van der Waals surface area contributed by atoms with E-state index in [9.17, 15) is 18.4 Å². The standard InChI is InChI=1S/C25H27F2N7O4/c1-31-12-15(10-21(31)35)24(36)33-13-16(14-33)38-20-11-19(29-25(30-20)32-6-8-37-9-7-32)34-18-5-3-2-4-17(18)28-23(34)22(26)27/h2-5,11,15-16,22H,6-10,12-14H2,1H3. The number of imidazole rings is 1. The van der Waals surface area contributed by atoms with Crippen molar-refractivity contribution in [2.24, 2.45) is 5.92 Å². The van der Waals surface area contributed by atoms with E-state index in [-0.39, 0.29) is 42.0 Å². The molecule has 6 rings (SSSR count). The van der Waals surface area contributed by atoms with Crippen LogP contribution >= 0.6 is 0 Å². The van der Waals surface area contributed by atoms with Gasteiger partial charge in [-0.1, -0.05) is 12.1 Å². The van der Waals surface area contributed by atoms with Gasteiger partial charge in [-0.05, 0) is 12.1 Å². The van der Waals surface area contributed by atoms with Crippen LogP contribution in [0.15, 0.2) is 30.3 Å². The second-order valence-corrected chi connectivity index (χ2v) is 9.72. The summed E-state index contributed by atoms with van der Waals surface area (Å²) in [5.74, 6) is -0.0572. The average molecular weight is 528 g/mol. The Hall–Kier alpha value is -3.87. The SMILES string of the molecule is CN1CC(C(=O)N2CC(Oc3cc(-n4c(C(F)F)nc5ccccc54)nc(N4CCOCC4)n3)C2)CC1=O. The maximum Gasteiger partial charge on any atom is 0.296 e. The lowest BCUT2D eigenvalue weighted by molar-refractivity contribution is -0.144. The Bertz CT molecular complexity index is 1370. The van der Waals surface area contributed by atoms with E-state index >= 15 is 0 Å². The molecule has 3 fully saturated rings. The van der Waals surface area contributed by atoms with Crippen LogP contribution in [0.5, 0.6) is 5.88 Å². The lowest BCUT2D eigenvalue weighted by Gasteiger charge is -2.40. The first kappa shape index (κ1) is 24.5. The van der Waals surface area contributed by atoms with E-state index in [1.54, 1.807) is 41.1 Å². The van der Waals surface area contributed by atoms with Crippen molar-refractivity contribution >= 4 is 28.8 Å². The maximum atomic E-state index is 14.0. The monoisotopic (exact) mass is 527 g/mol. The van der Waals surface area contributed by atoms with Crippen LogP contribution in [0.3, 0.4) is 0 Å². The Balaban J connectivity index is 1.27. The smallest absolute Gasteiger partial charge is 0.296 e. The third-order valence-electron chi connectivity index (χ3n) is 7.12. The molecule has 0 spiro atoms. The number of morpholine rings is 1. The molecule has 5 heterocycles.